The SMILES string of the molecule is O=c1c2ccccc2nc(SCc2ccc(F)cc2)n1CC1CCCO1. The highest BCUT2D eigenvalue weighted by Gasteiger charge is 2.20. The molecule has 1 atom stereocenters. The van der Waals surface area contributed by atoms with Crippen molar-refractivity contribution in [3.05, 3.63) is 70.3 Å². The highest BCUT2D eigenvalue weighted by molar-refractivity contribution is 7.98. The average Bonchev–Trinajstić information content (AvgIpc) is 3.17. The molecular formula is C20H19FN2O2S. The zero-order valence-electron chi connectivity index (χ0n) is 14.2. The van der Waals surface area contributed by atoms with E-state index in [1.54, 1.807) is 16.7 Å². The topological polar surface area (TPSA) is 44.1 Å². The van der Waals surface area contributed by atoms with Crippen LogP contribution in [0.2, 0.25) is 0 Å². The van der Waals surface area contributed by atoms with Crippen molar-refractivity contribution < 1.29 is 9.13 Å². The predicted molar refractivity (Wildman–Crippen MR) is 101 cm³/mol. The maximum Gasteiger partial charge on any atom is 0.262 e. The maximum atomic E-state index is 13.1. The van der Waals surface area contributed by atoms with Gasteiger partial charge in [0.1, 0.15) is 5.82 Å². The van der Waals surface area contributed by atoms with Crippen molar-refractivity contribution in [3.63, 3.8) is 0 Å². The summed E-state index contributed by atoms with van der Waals surface area (Å²) in [6, 6.07) is 13.8. The Morgan fingerprint density at radius 2 is 2.00 bits per heavy atom. The molecule has 1 unspecified atom stereocenters. The van der Waals surface area contributed by atoms with Gasteiger partial charge in [0.2, 0.25) is 0 Å². The molecule has 0 amide bonds. The van der Waals surface area contributed by atoms with E-state index in [9.17, 15) is 9.18 Å². The monoisotopic (exact) mass is 370 g/mol. The summed E-state index contributed by atoms with van der Waals surface area (Å²) in [4.78, 5) is 17.7. The van der Waals surface area contributed by atoms with E-state index in [1.165, 1.54) is 23.9 Å². The molecule has 6 heteroatoms. The minimum absolute atomic E-state index is 0.0345. The van der Waals surface area contributed by atoms with Crippen LogP contribution in [-0.2, 0) is 17.0 Å². The highest BCUT2D eigenvalue weighted by atomic mass is 32.2. The molecule has 1 saturated heterocycles. The van der Waals surface area contributed by atoms with Crippen molar-refractivity contribution in [2.75, 3.05) is 6.61 Å². The lowest BCUT2D eigenvalue weighted by molar-refractivity contribution is 0.0937. The molecule has 0 spiro atoms. The van der Waals surface area contributed by atoms with Gasteiger partial charge in [-0.3, -0.25) is 9.36 Å². The predicted octanol–water partition coefficient (Wildman–Crippen LogP) is 4.01. The highest BCUT2D eigenvalue weighted by Crippen LogP contribution is 2.24. The van der Waals surface area contributed by atoms with Crippen LogP contribution in [0.4, 0.5) is 4.39 Å². The van der Waals surface area contributed by atoms with E-state index in [0.29, 0.717) is 28.4 Å². The molecule has 1 aromatic heterocycles. The molecule has 4 nitrogen and oxygen atoms in total. The van der Waals surface area contributed by atoms with Crippen LogP contribution in [-0.4, -0.2) is 22.3 Å². The third-order valence-corrected chi connectivity index (χ3v) is 5.57. The van der Waals surface area contributed by atoms with Gasteiger partial charge in [0, 0.05) is 12.4 Å². The molecule has 0 bridgehead atoms. The number of benzene rings is 2. The van der Waals surface area contributed by atoms with E-state index in [2.05, 4.69) is 0 Å². The Balaban J connectivity index is 1.68. The van der Waals surface area contributed by atoms with E-state index < -0.39 is 0 Å². The molecule has 0 N–H and O–H groups in total. The zero-order chi connectivity index (χ0) is 17.9. The van der Waals surface area contributed by atoms with E-state index in [4.69, 9.17) is 9.72 Å². The van der Waals surface area contributed by atoms with Crippen LogP contribution in [0.25, 0.3) is 10.9 Å². The first-order valence-electron chi connectivity index (χ1n) is 8.69. The molecule has 2 aromatic carbocycles. The first-order chi connectivity index (χ1) is 12.7. The number of nitrogens with zero attached hydrogens (tertiary/aromatic N) is 2. The van der Waals surface area contributed by atoms with Crippen LogP contribution in [0.1, 0.15) is 18.4 Å². The minimum atomic E-state index is -0.252. The number of ether oxygens (including phenoxy) is 1. The summed E-state index contributed by atoms with van der Waals surface area (Å²) < 4.78 is 20.5. The van der Waals surface area contributed by atoms with E-state index in [1.807, 2.05) is 24.3 Å². The number of para-hydroxylation sites is 1. The van der Waals surface area contributed by atoms with Crippen molar-refractivity contribution >= 4 is 22.7 Å². The fourth-order valence-electron chi connectivity index (χ4n) is 3.14. The zero-order valence-corrected chi connectivity index (χ0v) is 15.0. The second kappa shape index (κ2) is 7.60. The molecule has 1 aliphatic heterocycles. The summed E-state index contributed by atoms with van der Waals surface area (Å²) in [7, 11) is 0. The van der Waals surface area contributed by atoms with Crippen LogP contribution in [0.15, 0.2) is 58.5 Å². The van der Waals surface area contributed by atoms with Gasteiger partial charge in [0.15, 0.2) is 5.16 Å². The van der Waals surface area contributed by atoms with Crippen molar-refractivity contribution in [2.24, 2.45) is 0 Å². The van der Waals surface area contributed by atoms with Gasteiger partial charge in [0.05, 0.1) is 23.6 Å². The Morgan fingerprint density at radius 1 is 1.19 bits per heavy atom. The first kappa shape index (κ1) is 17.2. The molecule has 2 heterocycles. The van der Waals surface area contributed by atoms with Crippen LogP contribution < -0.4 is 5.56 Å². The molecule has 1 fully saturated rings. The van der Waals surface area contributed by atoms with Crippen LogP contribution in [0.3, 0.4) is 0 Å². The molecule has 3 aromatic rings. The molecule has 134 valence electrons. The number of thioether (sulfide) groups is 1. The summed E-state index contributed by atoms with van der Waals surface area (Å²) in [5.41, 5.74) is 1.65. The third kappa shape index (κ3) is 3.66. The summed E-state index contributed by atoms with van der Waals surface area (Å²) in [5, 5.41) is 1.30. The van der Waals surface area contributed by atoms with Gasteiger partial charge in [-0.05, 0) is 42.7 Å². The third-order valence-electron chi connectivity index (χ3n) is 4.52. The van der Waals surface area contributed by atoms with Crippen LogP contribution in [0, 0.1) is 5.82 Å². The molecule has 0 radical (unpaired) electrons. The molecule has 0 aliphatic carbocycles. The largest absolute Gasteiger partial charge is 0.376 e. The van der Waals surface area contributed by atoms with Crippen LogP contribution >= 0.6 is 11.8 Å². The maximum absolute atomic E-state index is 13.1. The Bertz CT molecular complexity index is 966. The lowest BCUT2D eigenvalue weighted by atomic mass is 10.2. The van der Waals surface area contributed by atoms with Gasteiger partial charge >= 0.3 is 0 Å². The molecule has 1 aliphatic rings. The van der Waals surface area contributed by atoms with Crippen molar-refractivity contribution in [1.82, 2.24) is 9.55 Å². The number of fused-ring (bicyclic) bond motifs is 1. The summed E-state index contributed by atoms with van der Waals surface area (Å²) in [6.07, 6.45) is 2.04. The lowest BCUT2D eigenvalue weighted by Gasteiger charge is -2.16. The Hall–Kier alpha value is -2.18. The smallest absolute Gasteiger partial charge is 0.262 e. The Labute approximate surface area is 155 Å². The van der Waals surface area contributed by atoms with Crippen molar-refractivity contribution in [2.45, 2.75) is 36.4 Å². The second-order valence-electron chi connectivity index (χ2n) is 6.38. The lowest BCUT2D eigenvalue weighted by Crippen LogP contribution is -2.28. The quantitative estimate of drug-likeness (QED) is 0.503. The van der Waals surface area contributed by atoms with Gasteiger partial charge in [0.25, 0.3) is 5.56 Å². The Kier molecular flexibility index (Phi) is 5.04. The van der Waals surface area contributed by atoms with Gasteiger partial charge in [-0.25, -0.2) is 9.37 Å². The van der Waals surface area contributed by atoms with Gasteiger partial charge < -0.3 is 4.74 Å². The van der Waals surface area contributed by atoms with Gasteiger partial charge in [-0.15, -0.1) is 0 Å². The van der Waals surface area contributed by atoms with Crippen molar-refractivity contribution in [1.29, 1.82) is 0 Å². The average molecular weight is 370 g/mol. The van der Waals surface area contributed by atoms with E-state index in [-0.39, 0.29) is 17.5 Å². The molecule has 26 heavy (non-hydrogen) atoms. The summed E-state index contributed by atoms with van der Waals surface area (Å²) >= 11 is 1.49. The summed E-state index contributed by atoms with van der Waals surface area (Å²) in [6.45, 7) is 1.26. The number of hydrogen-bond acceptors (Lipinski definition) is 4. The number of hydrogen-bond donors (Lipinski definition) is 0. The van der Waals surface area contributed by atoms with Crippen LogP contribution in [0.5, 0.6) is 0 Å². The number of halogens is 1. The first-order valence-corrected chi connectivity index (χ1v) is 9.68. The summed E-state index contributed by atoms with van der Waals surface area (Å²) in [5.74, 6) is 0.370. The van der Waals surface area contributed by atoms with E-state index in [0.717, 1.165) is 25.0 Å². The molecule has 4 rings (SSSR count). The van der Waals surface area contributed by atoms with Crippen molar-refractivity contribution in [3.8, 4) is 0 Å². The number of rotatable bonds is 5. The molecular weight excluding hydrogens is 351 g/mol. The molecule has 0 saturated carbocycles. The minimum Gasteiger partial charge on any atom is -0.376 e. The van der Waals surface area contributed by atoms with Gasteiger partial charge in [-0.2, -0.15) is 0 Å². The fraction of sp³-hybridized carbons (Fsp3) is 0.300. The van der Waals surface area contributed by atoms with E-state index >= 15 is 0 Å². The fourth-order valence-corrected chi connectivity index (χ4v) is 4.10. The number of aromatic nitrogens is 2. The van der Waals surface area contributed by atoms with Gasteiger partial charge in [-0.1, -0.05) is 36.0 Å². The normalized spacial score (nSPS) is 17.0. The standard InChI is InChI=1S/C20H19FN2O2S/c21-15-9-7-14(8-10-15)13-26-20-22-18-6-2-1-5-17(18)19(24)23(20)12-16-4-3-11-25-16/h1-2,5-10,16H,3-4,11-13H2. The second-order valence-corrected chi connectivity index (χ2v) is 7.32. The Morgan fingerprint density at radius 3 is 2.77 bits per heavy atom.